The number of sulfone groups is 1. The van der Waals surface area contributed by atoms with Crippen LogP contribution in [0.15, 0.2) is 40.1 Å². The van der Waals surface area contributed by atoms with Crippen molar-refractivity contribution >= 4 is 9.84 Å². The minimum atomic E-state index is -3.87. The van der Waals surface area contributed by atoms with Crippen molar-refractivity contribution in [3.63, 3.8) is 0 Å². The van der Waals surface area contributed by atoms with Crippen LogP contribution in [0, 0.1) is 20.8 Å². The summed E-state index contributed by atoms with van der Waals surface area (Å²) in [7, 11) is -3.87. The molecule has 0 bridgehead atoms. The average Bonchev–Trinajstić information content (AvgIpc) is 2.38. The molecule has 2 N–H and O–H groups in total. The number of benzene rings is 2. The summed E-state index contributed by atoms with van der Waals surface area (Å²) in [6.07, 6.45) is 0. The molecule has 0 aromatic heterocycles. The van der Waals surface area contributed by atoms with Crippen LogP contribution >= 0.6 is 0 Å². The van der Waals surface area contributed by atoms with E-state index in [1.807, 2.05) is 0 Å². The van der Waals surface area contributed by atoms with Gasteiger partial charge in [-0.2, -0.15) is 0 Å². The van der Waals surface area contributed by atoms with Crippen molar-refractivity contribution in [3.8, 4) is 11.5 Å². The number of phenols is 2. The van der Waals surface area contributed by atoms with Gasteiger partial charge in [0.15, 0.2) is 0 Å². The Labute approximate surface area is 118 Å². The molecule has 0 aliphatic carbocycles. The molecular weight excluding hydrogens is 276 g/mol. The molecule has 5 heteroatoms. The Hall–Kier alpha value is -2.01. The van der Waals surface area contributed by atoms with Gasteiger partial charge < -0.3 is 10.2 Å². The zero-order chi connectivity index (χ0) is 15.1. The monoisotopic (exact) mass is 292 g/mol. The van der Waals surface area contributed by atoms with Crippen LogP contribution in [-0.2, 0) is 9.84 Å². The number of aromatic hydroxyl groups is 2. The first kappa shape index (κ1) is 14.4. The lowest BCUT2D eigenvalue weighted by Crippen LogP contribution is -2.05. The third-order valence-electron chi connectivity index (χ3n) is 3.42. The number of hydrogen-bond donors (Lipinski definition) is 2. The quantitative estimate of drug-likeness (QED) is 0.892. The Morgan fingerprint density at radius 2 is 1.45 bits per heavy atom. The lowest BCUT2D eigenvalue weighted by Gasteiger charge is -2.12. The van der Waals surface area contributed by atoms with E-state index in [4.69, 9.17) is 0 Å². The number of hydrogen-bond acceptors (Lipinski definition) is 4. The van der Waals surface area contributed by atoms with Gasteiger partial charge in [0, 0.05) is 0 Å². The zero-order valence-corrected chi connectivity index (χ0v) is 12.3. The smallest absolute Gasteiger partial charge is 0.210 e. The Kier molecular flexibility index (Phi) is 3.48. The molecule has 2 aromatic carbocycles. The number of phenolic OH excluding ortho intramolecular Hbond substituents is 2. The van der Waals surface area contributed by atoms with Crippen LogP contribution in [0.5, 0.6) is 11.5 Å². The molecule has 0 heterocycles. The van der Waals surface area contributed by atoms with Gasteiger partial charge in [-0.15, -0.1) is 0 Å². The molecule has 0 spiro atoms. The second-order valence-corrected chi connectivity index (χ2v) is 6.69. The minimum absolute atomic E-state index is 0.00365. The van der Waals surface area contributed by atoms with Crippen LogP contribution in [0.3, 0.4) is 0 Å². The van der Waals surface area contributed by atoms with Gasteiger partial charge in [0.05, 0.1) is 4.90 Å². The topological polar surface area (TPSA) is 74.6 Å². The molecule has 0 fully saturated rings. The summed E-state index contributed by atoms with van der Waals surface area (Å²) in [5, 5.41) is 19.6. The van der Waals surface area contributed by atoms with Crippen LogP contribution in [-0.4, -0.2) is 18.6 Å². The number of aryl methyl sites for hydroxylation is 2. The lowest BCUT2D eigenvalue weighted by molar-refractivity contribution is 0.453. The van der Waals surface area contributed by atoms with Crippen LogP contribution in [0.2, 0.25) is 0 Å². The molecule has 0 amide bonds. The van der Waals surface area contributed by atoms with Gasteiger partial charge in [0.1, 0.15) is 16.4 Å². The SMILES string of the molecule is Cc1ccc(O)cc1S(=O)(=O)c1ccc(C)c(C)c1O. The van der Waals surface area contributed by atoms with E-state index in [2.05, 4.69) is 0 Å². The van der Waals surface area contributed by atoms with E-state index in [0.29, 0.717) is 11.1 Å². The fraction of sp³-hybridized carbons (Fsp3) is 0.200. The first-order valence-corrected chi connectivity index (χ1v) is 7.57. The molecule has 20 heavy (non-hydrogen) atoms. The second kappa shape index (κ2) is 4.83. The molecule has 0 saturated carbocycles. The van der Waals surface area contributed by atoms with E-state index >= 15 is 0 Å². The van der Waals surface area contributed by atoms with Crippen molar-refractivity contribution in [2.24, 2.45) is 0 Å². The summed E-state index contributed by atoms with van der Waals surface area (Å²) in [5.74, 6) is -0.370. The highest BCUT2D eigenvalue weighted by molar-refractivity contribution is 7.91. The van der Waals surface area contributed by atoms with Gasteiger partial charge in [0.25, 0.3) is 0 Å². The van der Waals surface area contributed by atoms with Crippen molar-refractivity contribution in [2.75, 3.05) is 0 Å². The predicted octanol–water partition coefficient (Wildman–Crippen LogP) is 2.86. The minimum Gasteiger partial charge on any atom is -0.508 e. The van der Waals surface area contributed by atoms with E-state index in [0.717, 1.165) is 5.56 Å². The van der Waals surface area contributed by atoms with Crippen LogP contribution < -0.4 is 0 Å². The second-order valence-electron chi connectivity index (χ2n) is 4.81. The third-order valence-corrected chi connectivity index (χ3v) is 5.34. The molecular formula is C15H16O4S. The fourth-order valence-electron chi connectivity index (χ4n) is 1.99. The van der Waals surface area contributed by atoms with Gasteiger partial charge in [-0.1, -0.05) is 12.1 Å². The Bertz CT molecular complexity index is 777. The van der Waals surface area contributed by atoms with Crippen LogP contribution in [0.25, 0.3) is 0 Å². The molecule has 0 saturated heterocycles. The third kappa shape index (κ3) is 2.25. The maximum Gasteiger partial charge on any atom is 0.210 e. The molecule has 0 aliphatic rings. The van der Waals surface area contributed by atoms with Crippen molar-refractivity contribution < 1.29 is 18.6 Å². The van der Waals surface area contributed by atoms with E-state index in [9.17, 15) is 18.6 Å². The summed E-state index contributed by atoms with van der Waals surface area (Å²) in [6.45, 7) is 5.11. The Balaban J connectivity index is 2.74. The fourth-order valence-corrected chi connectivity index (χ4v) is 3.65. The molecule has 0 unspecified atom stereocenters. The first-order chi connectivity index (χ1) is 9.25. The first-order valence-electron chi connectivity index (χ1n) is 6.09. The standard InChI is InChI=1S/C15H16O4S/c1-9-5-7-13(15(17)11(9)3)20(18,19)14-8-12(16)6-4-10(14)2/h4-8,16-17H,1-3H3. The van der Waals surface area contributed by atoms with E-state index in [-0.39, 0.29) is 21.3 Å². The largest absolute Gasteiger partial charge is 0.508 e. The molecule has 2 aromatic rings. The van der Waals surface area contributed by atoms with Crippen molar-refractivity contribution in [1.82, 2.24) is 0 Å². The molecule has 4 nitrogen and oxygen atoms in total. The summed E-state index contributed by atoms with van der Waals surface area (Å²) in [4.78, 5) is -0.148. The van der Waals surface area contributed by atoms with E-state index < -0.39 is 9.84 Å². The van der Waals surface area contributed by atoms with Crippen LogP contribution in [0.4, 0.5) is 0 Å². The highest BCUT2D eigenvalue weighted by Gasteiger charge is 2.25. The van der Waals surface area contributed by atoms with Crippen LogP contribution in [0.1, 0.15) is 16.7 Å². The van der Waals surface area contributed by atoms with Gasteiger partial charge in [-0.25, -0.2) is 8.42 Å². The van der Waals surface area contributed by atoms with Gasteiger partial charge in [0.2, 0.25) is 9.84 Å². The van der Waals surface area contributed by atoms with Gasteiger partial charge >= 0.3 is 0 Å². The van der Waals surface area contributed by atoms with E-state index in [1.165, 1.54) is 24.3 Å². The molecule has 106 valence electrons. The van der Waals surface area contributed by atoms with Crippen molar-refractivity contribution in [1.29, 1.82) is 0 Å². The zero-order valence-electron chi connectivity index (χ0n) is 11.5. The Morgan fingerprint density at radius 1 is 0.850 bits per heavy atom. The normalized spacial score (nSPS) is 11.6. The van der Waals surface area contributed by atoms with Gasteiger partial charge in [-0.3, -0.25) is 0 Å². The van der Waals surface area contributed by atoms with Crippen molar-refractivity contribution in [2.45, 2.75) is 30.6 Å². The Morgan fingerprint density at radius 3 is 2.10 bits per heavy atom. The molecule has 0 radical (unpaired) electrons. The molecule has 2 rings (SSSR count). The summed E-state index contributed by atoms with van der Waals surface area (Å²) < 4.78 is 25.2. The molecule has 0 atom stereocenters. The summed E-state index contributed by atoms with van der Waals surface area (Å²) in [6, 6.07) is 7.19. The molecule has 0 aliphatic heterocycles. The summed E-state index contributed by atoms with van der Waals surface area (Å²) in [5.41, 5.74) is 1.86. The van der Waals surface area contributed by atoms with Gasteiger partial charge in [-0.05, 0) is 55.7 Å². The average molecular weight is 292 g/mol. The maximum absolute atomic E-state index is 12.6. The predicted molar refractivity (Wildman–Crippen MR) is 75.9 cm³/mol. The van der Waals surface area contributed by atoms with E-state index in [1.54, 1.807) is 26.8 Å². The highest BCUT2D eigenvalue weighted by Crippen LogP contribution is 2.34. The maximum atomic E-state index is 12.6. The highest BCUT2D eigenvalue weighted by atomic mass is 32.2. The number of rotatable bonds is 2. The lowest BCUT2D eigenvalue weighted by atomic mass is 10.1. The van der Waals surface area contributed by atoms with Crippen molar-refractivity contribution in [3.05, 3.63) is 47.0 Å². The summed E-state index contributed by atoms with van der Waals surface area (Å²) >= 11 is 0.